The molecule has 0 N–H and O–H groups in total. The van der Waals surface area contributed by atoms with Gasteiger partial charge in [0, 0.05) is 37.5 Å². The lowest BCUT2D eigenvalue weighted by atomic mass is 9.95. The zero-order valence-electron chi connectivity index (χ0n) is 15.8. The fourth-order valence-corrected chi connectivity index (χ4v) is 4.72. The molecule has 26 heavy (non-hydrogen) atoms. The van der Waals surface area contributed by atoms with Crippen molar-refractivity contribution in [2.24, 2.45) is 5.92 Å². The molecule has 140 valence electrons. The Hall–Kier alpha value is -2.11. The Labute approximate surface area is 154 Å². The zero-order valence-corrected chi connectivity index (χ0v) is 15.8. The van der Waals surface area contributed by atoms with Crippen LogP contribution in [0.2, 0.25) is 0 Å². The van der Waals surface area contributed by atoms with E-state index in [0.29, 0.717) is 18.8 Å². The summed E-state index contributed by atoms with van der Waals surface area (Å²) < 4.78 is 7.50. The predicted octanol–water partition coefficient (Wildman–Crippen LogP) is 3.58. The van der Waals surface area contributed by atoms with Crippen LogP contribution in [0.1, 0.15) is 67.4 Å². The average Bonchev–Trinajstić information content (AvgIpc) is 3.35. The van der Waals surface area contributed by atoms with Crippen LogP contribution in [0.5, 0.6) is 0 Å². The molecule has 0 radical (unpaired) electrons. The fourth-order valence-electron chi connectivity index (χ4n) is 4.72. The van der Waals surface area contributed by atoms with Gasteiger partial charge in [0.1, 0.15) is 11.6 Å². The Morgan fingerprint density at radius 2 is 2.04 bits per heavy atom. The summed E-state index contributed by atoms with van der Waals surface area (Å²) in [6.45, 7) is 5.64. The first-order valence-corrected chi connectivity index (χ1v) is 9.87. The minimum Gasteiger partial charge on any atom is -0.361 e. The molecule has 1 aliphatic heterocycles. The number of nitrogens with zero attached hydrogens (tertiary/aromatic N) is 4. The smallest absolute Gasteiger partial charge is 0.223 e. The Morgan fingerprint density at radius 3 is 2.77 bits per heavy atom. The molecule has 0 spiro atoms. The van der Waals surface area contributed by atoms with Crippen LogP contribution in [-0.4, -0.2) is 32.1 Å². The van der Waals surface area contributed by atoms with Gasteiger partial charge in [-0.2, -0.15) is 0 Å². The molecule has 1 aliphatic carbocycles. The van der Waals surface area contributed by atoms with E-state index >= 15 is 0 Å². The van der Waals surface area contributed by atoms with Gasteiger partial charge >= 0.3 is 0 Å². The number of hydrogen-bond donors (Lipinski definition) is 0. The third kappa shape index (κ3) is 3.17. The van der Waals surface area contributed by atoms with E-state index < -0.39 is 0 Å². The molecule has 2 aliphatic rings. The largest absolute Gasteiger partial charge is 0.361 e. The molecule has 1 amide bonds. The van der Waals surface area contributed by atoms with Crippen molar-refractivity contribution in [2.75, 3.05) is 6.54 Å². The number of aromatic nitrogens is 3. The van der Waals surface area contributed by atoms with Gasteiger partial charge < -0.3 is 14.0 Å². The van der Waals surface area contributed by atoms with Crippen molar-refractivity contribution in [3.05, 3.63) is 35.2 Å². The normalized spacial score (nSPS) is 21.0. The summed E-state index contributed by atoms with van der Waals surface area (Å²) in [5.74, 6) is 2.68. The predicted molar refractivity (Wildman–Crippen MR) is 97.6 cm³/mol. The second kappa shape index (κ2) is 7.25. The number of aryl methyl sites for hydroxylation is 3. The molecule has 6 nitrogen and oxygen atoms in total. The molecule has 0 aromatic carbocycles. The van der Waals surface area contributed by atoms with E-state index in [1.165, 1.54) is 25.7 Å². The standard InChI is InChI=1S/C20H28N4O2/c1-14-17(15(2)26-22-14)8-9-18(25)24-12-5-11-23-13-10-21-20(23)19(24)16-6-3-4-7-16/h10,13,16,19H,3-9,11-12H2,1-2H3. The van der Waals surface area contributed by atoms with Gasteiger partial charge in [0.2, 0.25) is 5.91 Å². The van der Waals surface area contributed by atoms with Gasteiger partial charge in [-0.25, -0.2) is 4.98 Å². The van der Waals surface area contributed by atoms with E-state index in [1.54, 1.807) is 0 Å². The van der Waals surface area contributed by atoms with Crippen LogP contribution in [0.4, 0.5) is 0 Å². The SMILES string of the molecule is Cc1noc(C)c1CCC(=O)N1CCCn2ccnc2C1C1CCCC1. The maximum absolute atomic E-state index is 13.2. The Kier molecular flexibility index (Phi) is 4.83. The lowest BCUT2D eigenvalue weighted by Gasteiger charge is -2.33. The van der Waals surface area contributed by atoms with Crippen molar-refractivity contribution in [2.45, 2.75) is 71.4 Å². The number of carbonyl (C=O) groups is 1. The van der Waals surface area contributed by atoms with Gasteiger partial charge in [-0.3, -0.25) is 4.79 Å². The van der Waals surface area contributed by atoms with Crippen LogP contribution >= 0.6 is 0 Å². The van der Waals surface area contributed by atoms with Crippen LogP contribution in [0.15, 0.2) is 16.9 Å². The lowest BCUT2D eigenvalue weighted by Crippen LogP contribution is -2.38. The quantitative estimate of drug-likeness (QED) is 0.840. The van der Waals surface area contributed by atoms with Crippen molar-refractivity contribution in [3.8, 4) is 0 Å². The summed E-state index contributed by atoms with van der Waals surface area (Å²) >= 11 is 0. The van der Waals surface area contributed by atoms with E-state index in [-0.39, 0.29) is 11.9 Å². The van der Waals surface area contributed by atoms with E-state index in [1.807, 2.05) is 20.0 Å². The zero-order chi connectivity index (χ0) is 18.1. The molecule has 2 aromatic rings. The molecular weight excluding hydrogens is 328 g/mol. The van der Waals surface area contributed by atoms with E-state index in [9.17, 15) is 4.79 Å². The molecule has 1 atom stereocenters. The third-order valence-electron chi connectivity index (χ3n) is 6.08. The highest BCUT2D eigenvalue weighted by atomic mass is 16.5. The molecule has 0 saturated heterocycles. The maximum atomic E-state index is 13.2. The number of imidazole rings is 1. The van der Waals surface area contributed by atoms with Crippen LogP contribution in [-0.2, 0) is 17.8 Å². The molecule has 0 bridgehead atoms. The van der Waals surface area contributed by atoms with Gasteiger partial charge in [-0.1, -0.05) is 18.0 Å². The molecule has 1 unspecified atom stereocenters. The highest BCUT2D eigenvalue weighted by molar-refractivity contribution is 5.77. The third-order valence-corrected chi connectivity index (χ3v) is 6.08. The number of amides is 1. The van der Waals surface area contributed by atoms with Crippen molar-refractivity contribution in [3.63, 3.8) is 0 Å². The summed E-state index contributed by atoms with van der Waals surface area (Å²) in [5.41, 5.74) is 1.97. The minimum atomic E-state index is 0.132. The molecule has 1 fully saturated rings. The van der Waals surface area contributed by atoms with Crippen LogP contribution in [0.25, 0.3) is 0 Å². The van der Waals surface area contributed by atoms with E-state index in [4.69, 9.17) is 4.52 Å². The second-order valence-corrected chi connectivity index (χ2v) is 7.71. The topological polar surface area (TPSA) is 64.2 Å². The maximum Gasteiger partial charge on any atom is 0.223 e. The summed E-state index contributed by atoms with van der Waals surface area (Å²) in [5, 5.41) is 4.01. The van der Waals surface area contributed by atoms with Crippen LogP contribution in [0, 0.1) is 19.8 Å². The number of hydrogen-bond acceptors (Lipinski definition) is 4. The average molecular weight is 356 g/mol. The van der Waals surface area contributed by atoms with Gasteiger partial charge in [-0.15, -0.1) is 0 Å². The monoisotopic (exact) mass is 356 g/mol. The minimum absolute atomic E-state index is 0.132. The number of rotatable bonds is 4. The molecule has 1 saturated carbocycles. The number of carbonyl (C=O) groups excluding carboxylic acids is 1. The van der Waals surface area contributed by atoms with Crippen LogP contribution in [0.3, 0.4) is 0 Å². The van der Waals surface area contributed by atoms with Crippen molar-refractivity contribution < 1.29 is 9.32 Å². The summed E-state index contributed by atoms with van der Waals surface area (Å²) in [7, 11) is 0. The first kappa shape index (κ1) is 17.3. The Balaban J connectivity index is 1.55. The molecule has 6 heteroatoms. The van der Waals surface area contributed by atoms with E-state index in [2.05, 4.69) is 25.8 Å². The molecule has 3 heterocycles. The van der Waals surface area contributed by atoms with Gasteiger partial charge in [0.15, 0.2) is 0 Å². The van der Waals surface area contributed by atoms with E-state index in [0.717, 1.165) is 42.4 Å². The number of fused-ring (bicyclic) bond motifs is 1. The lowest BCUT2D eigenvalue weighted by molar-refractivity contribution is -0.135. The van der Waals surface area contributed by atoms with Gasteiger partial charge in [0.25, 0.3) is 0 Å². The highest BCUT2D eigenvalue weighted by Gasteiger charge is 2.37. The van der Waals surface area contributed by atoms with Gasteiger partial charge in [-0.05, 0) is 45.4 Å². The summed E-state index contributed by atoms with van der Waals surface area (Å²) in [4.78, 5) is 20.0. The molecule has 4 rings (SSSR count). The highest BCUT2D eigenvalue weighted by Crippen LogP contribution is 2.40. The first-order chi connectivity index (χ1) is 12.6. The summed E-state index contributed by atoms with van der Waals surface area (Å²) in [6, 6.07) is 0.132. The van der Waals surface area contributed by atoms with Crippen molar-refractivity contribution >= 4 is 5.91 Å². The summed E-state index contributed by atoms with van der Waals surface area (Å²) in [6.07, 6.45) is 11.1. The van der Waals surface area contributed by atoms with Crippen molar-refractivity contribution in [1.82, 2.24) is 19.6 Å². The second-order valence-electron chi connectivity index (χ2n) is 7.71. The molecule has 2 aromatic heterocycles. The fraction of sp³-hybridized carbons (Fsp3) is 0.650. The van der Waals surface area contributed by atoms with Crippen LogP contribution < -0.4 is 0 Å². The Morgan fingerprint density at radius 1 is 1.23 bits per heavy atom. The molecular formula is C20H28N4O2. The Bertz CT molecular complexity index is 753. The van der Waals surface area contributed by atoms with Gasteiger partial charge in [0.05, 0.1) is 11.7 Å². The van der Waals surface area contributed by atoms with Crippen molar-refractivity contribution in [1.29, 1.82) is 0 Å². The first-order valence-electron chi connectivity index (χ1n) is 9.87.